The minimum absolute atomic E-state index is 0.291. The summed E-state index contributed by atoms with van der Waals surface area (Å²) in [5.41, 5.74) is 9.98. The smallest absolute Gasteiger partial charge is 0.255 e. The van der Waals surface area contributed by atoms with Gasteiger partial charge in [-0.1, -0.05) is 25.5 Å². The van der Waals surface area contributed by atoms with Crippen LogP contribution in [0.5, 0.6) is 11.5 Å². The quantitative estimate of drug-likeness (QED) is 0.305. The molecule has 1 aromatic heterocycles. The first-order valence-electron chi connectivity index (χ1n) is 11.8. The van der Waals surface area contributed by atoms with Crippen LogP contribution in [0.3, 0.4) is 0 Å². The van der Waals surface area contributed by atoms with Crippen LogP contribution in [0, 0.1) is 0 Å². The molecule has 0 fully saturated rings. The molecule has 9 heteroatoms. The summed E-state index contributed by atoms with van der Waals surface area (Å²) in [5.74, 6) is 0.760. The van der Waals surface area contributed by atoms with Gasteiger partial charge in [0.1, 0.15) is 0 Å². The molecule has 0 spiro atoms. The third-order valence-electron chi connectivity index (χ3n) is 6.04. The number of primary amides is 1. The fraction of sp³-hybridized carbons (Fsp3) is 0.214. The Morgan fingerprint density at radius 3 is 2.24 bits per heavy atom. The van der Waals surface area contributed by atoms with E-state index < -0.39 is 5.91 Å². The lowest BCUT2D eigenvalue weighted by Gasteiger charge is -2.18. The van der Waals surface area contributed by atoms with Gasteiger partial charge in [0.15, 0.2) is 11.5 Å². The van der Waals surface area contributed by atoms with E-state index in [1.54, 1.807) is 33.4 Å². The molecule has 0 saturated heterocycles. The van der Waals surface area contributed by atoms with E-state index in [9.17, 15) is 9.59 Å². The summed E-state index contributed by atoms with van der Waals surface area (Å²) in [6, 6.07) is 15.7. The minimum Gasteiger partial charge on any atom is -0.493 e. The number of fused-ring (bicyclic) bond motifs is 1. The van der Waals surface area contributed by atoms with Gasteiger partial charge >= 0.3 is 0 Å². The number of carbonyl (C=O) groups is 2. The number of hydrogen-bond donors (Lipinski definition) is 3. The Morgan fingerprint density at radius 1 is 0.946 bits per heavy atom. The highest BCUT2D eigenvalue weighted by atomic mass is 16.5. The molecule has 4 N–H and O–H groups in total. The molecule has 1 heterocycles. The summed E-state index contributed by atoms with van der Waals surface area (Å²) in [7, 11) is 4.93. The highest BCUT2D eigenvalue weighted by molar-refractivity contribution is 6.06. The largest absolute Gasteiger partial charge is 0.493 e. The number of benzene rings is 3. The van der Waals surface area contributed by atoms with Gasteiger partial charge in [-0.25, -0.2) is 9.97 Å². The second-order valence-electron chi connectivity index (χ2n) is 8.35. The summed E-state index contributed by atoms with van der Waals surface area (Å²) < 4.78 is 11.0. The van der Waals surface area contributed by atoms with Crippen LogP contribution in [-0.2, 0) is 6.42 Å². The van der Waals surface area contributed by atoms with Crippen LogP contribution in [0.15, 0.2) is 54.6 Å². The first-order chi connectivity index (χ1) is 17.9. The highest BCUT2D eigenvalue weighted by Gasteiger charge is 2.19. The molecule has 4 rings (SSSR count). The number of ether oxygens (including phenoxy) is 2. The van der Waals surface area contributed by atoms with Gasteiger partial charge in [0.2, 0.25) is 11.9 Å². The third-order valence-corrected chi connectivity index (χ3v) is 6.04. The van der Waals surface area contributed by atoms with E-state index in [-0.39, 0.29) is 5.91 Å². The van der Waals surface area contributed by atoms with Crippen molar-refractivity contribution < 1.29 is 19.1 Å². The van der Waals surface area contributed by atoms with Crippen LogP contribution >= 0.6 is 0 Å². The minimum atomic E-state index is -0.544. The predicted octanol–water partition coefficient (Wildman–Crippen LogP) is 4.66. The monoisotopic (exact) mass is 499 g/mol. The van der Waals surface area contributed by atoms with Crippen LogP contribution in [-0.4, -0.2) is 43.0 Å². The average molecular weight is 500 g/mol. The molecule has 0 unspecified atom stereocenters. The molecule has 2 amide bonds. The van der Waals surface area contributed by atoms with Gasteiger partial charge in [-0.15, -0.1) is 0 Å². The van der Waals surface area contributed by atoms with Crippen LogP contribution < -0.4 is 25.8 Å². The van der Waals surface area contributed by atoms with E-state index in [4.69, 9.17) is 20.2 Å². The SMILES string of the molecule is CCCc1c(NC(=O)c2ccc(C(N)=O)cc2)cccc1-c1nc(NC)nc2cc(OC)c(OC)cc12. The topological polar surface area (TPSA) is 128 Å². The molecular weight excluding hydrogens is 470 g/mol. The standard InChI is InChI=1S/C28H29N5O4/c1-5-7-18-19(8-6-9-21(18)31-27(35)17-12-10-16(11-13-17)26(29)34)25-20-14-23(36-3)24(37-4)15-22(20)32-28(30-2)33-25/h6,8-15H,5,7H2,1-4H3,(H2,29,34)(H,31,35)(H,30,32,33). The Balaban J connectivity index is 1.84. The van der Waals surface area contributed by atoms with Gasteiger partial charge < -0.3 is 25.8 Å². The predicted molar refractivity (Wildman–Crippen MR) is 145 cm³/mol. The van der Waals surface area contributed by atoms with Crippen molar-refractivity contribution in [2.45, 2.75) is 19.8 Å². The number of nitrogens with one attached hydrogen (secondary N) is 2. The highest BCUT2D eigenvalue weighted by Crippen LogP contribution is 2.39. The van der Waals surface area contributed by atoms with Gasteiger partial charge in [-0.05, 0) is 48.4 Å². The van der Waals surface area contributed by atoms with E-state index in [1.165, 1.54) is 12.1 Å². The van der Waals surface area contributed by atoms with E-state index in [0.29, 0.717) is 51.9 Å². The lowest BCUT2D eigenvalue weighted by molar-refractivity contribution is 0.0995. The van der Waals surface area contributed by atoms with Gasteiger partial charge in [0.25, 0.3) is 5.91 Å². The Bertz CT molecular complexity index is 1470. The van der Waals surface area contributed by atoms with E-state index in [1.807, 2.05) is 30.3 Å². The molecule has 0 bridgehead atoms. The van der Waals surface area contributed by atoms with Crippen molar-refractivity contribution >= 4 is 34.4 Å². The van der Waals surface area contributed by atoms with Crippen molar-refractivity contribution in [3.05, 3.63) is 71.3 Å². The third kappa shape index (κ3) is 5.16. The summed E-state index contributed by atoms with van der Waals surface area (Å²) in [4.78, 5) is 33.8. The first kappa shape index (κ1) is 25.4. The maximum absolute atomic E-state index is 13.1. The molecule has 3 aromatic carbocycles. The maximum atomic E-state index is 13.1. The van der Waals surface area contributed by atoms with Crippen molar-refractivity contribution in [3.63, 3.8) is 0 Å². The van der Waals surface area contributed by atoms with Crippen molar-refractivity contribution in [1.29, 1.82) is 0 Å². The Labute approximate surface area is 215 Å². The van der Waals surface area contributed by atoms with Crippen LogP contribution in [0.2, 0.25) is 0 Å². The number of nitrogens with zero attached hydrogens (tertiary/aromatic N) is 2. The summed E-state index contributed by atoms with van der Waals surface area (Å²) in [5, 5.41) is 6.85. The number of methoxy groups -OCH3 is 2. The van der Waals surface area contributed by atoms with Crippen molar-refractivity contribution in [2.24, 2.45) is 5.73 Å². The molecule has 0 saturated carbocycles. The number of rotatable bonds is 9. The van der Waals surface area contributed by atoms with E-state index >= 15 is 0 Å². The molecule has 0 aliphatic carbocycles. The molecule has 4 aromatic rings. The molecule has 0 atom stereocenters. The second-order valence-corrected chi connectivity index (χ2v) is 8.35. The number of aromatic nitrogens is 2. The zero-order valence-electron chi connectivity index (χ0n) is 21.2. The molecule has 37 heavy (non-hydrogen) atoms. The fourth-order valence-electron chi connectivity index (χ4n) is 4.20. The number of anilines is 2. The van der Waals surface area contributed by atoms with Gasteiger partial charge in [-0.3, -0.25) is 9.59 Å². The number of amides is 2. The molecule has 9 nitrogen and oxygen atoms in total. The van der Waals surface area contributed by atoms with Gasteiger partial charge in [0, 0.05) is 40.9 Å². The Hall–Kier alpha value is -4.66. The summed E-state index contributed by atoms with van der Waals surface area (Å²) >= 11 is 0. The van der Waals surface area contributed by atoms with Crippen molar-refractivity contribution in [2.75, 3.05) is 31.9 Å². The van der Waals surface area contributed by atoms with Crippen molar-refractivity contribution in [1.82, 2.24) is 9.97 Å². The number of nitrogens with two attached hydrogens (primary N) is 1. The van der Waals surface area contributed by atoms with E-state index in [2.05, 4.69) is 22.5 Å². The molecule has 190 valence electrons. The number of carbonyl (C=O) groups excluding carboxylic acids is 2. The van der Waals surface area contributed by atoms with Crippen molar-refractivity contribution in [3.8, 4) is 22.8 Å². The maximum Gasteiger partial charge on any atom is 0.255 e. The Morgan fingerprint density at radius 2 is 1.62 bits per heavy atom. The van der Waals surface area contributed by atoms with Gasteiger partial charge in [0.05, 0.1) is 25.4 Å². The molecule has 0 radical (unpaired) electrons. The molecular formula is C28H29N5O4. The molecule has 0 aliphatic heterocycles. The fourth-order valence-corrected chi connectivity index (χ4v) is 4.20. The van der Waals surface area contributed by atoms with Crippen LogP contribution in [0.25, 0.3) is 22.2 Å². The zero-order valence-corrected chi connectivity index (χ0v) is 21.2. The lowest BCUT2D eigenvalue weighted by atomic mass is 9.95. The lowest BCUT2D eigenvalue weighted by Crippen LogP contribution is -2.15. The second kappa shape index (κ2) is 10.9. The van der Waals surface area contributed by atoms with Crippen LogP contribution in [0.1, 0.15) is 39.6 Å². The molecule has 0 aliphatic rings. The van der Waals surface area contributed by atoms with Gasteiger partial charge in [-0.2, -0.15) is 0 Å². The average Bonchev–Trinajstić information content (AvgIpc) is 2.92. The van der Waals surface area contributed by atoms with Crippen LogP contribution in [0.4, 0.5) is 11.6 Å². The zero-order chi connectivity index (χ0) is 26.5. The normalized spacial score (nSPS) is 10.7. The Kier molecular flexibility index (Phi) is 7.52. The van der Waals surface area contributed by atoms with E-state index in [0.717, 1.165) is 22.9 Å². The first-order valence-corrected chi connectivity index (χ1v) is 11.8. The number of hydrogen-bond acceptors (Lipinski definition) is 7. The summed E-state index contributed by atoms with van der Waals surface area (Å²) in [6.45, 7) is 2.08. The summed E-state index contributed by atoms with van der Waals surface area (Å²) in [6.07, 6.45) is 1.56.